The lowest BCUT2D eigenvalue weighted by molar-refractivity contribution is -0.140. The summed E-state index contributed by atoms with van der Waals surface area (Å²) in [5, 5.41) is 13.4. The Hall–Kier alpha value is -3.76. The zero-order chi connectivity index (χ0) is 24.0. The van der Waals surface area contributed by atoms with Gasteiger partial charge in [-0.15, -0.1) is 22.7 Å². The Kier molecular flexibility index (Phi) is 5.54. The van der Waals surface area contributed by atoms with E-state index in [1.165, 1.54) is 0 Å². The Morgan fingerprint density at radius 1 is 1.21 bits per heavy atom. The van der Waals surface area contributed by atoms with E-state index in [2.05, 4.69) is 9.97 Å². The summed E-state index contributed by atoms with van der Waals surface area (Å²) in [5.74, 6) is -1.46. The molecule has 5 rings (SSSR count). The van der Waals surface area contributed by atoms with Gasteiger partial charge in [0.05, 0.1) is 26.5 Å². The van der Waals surface area contributed by atoms with Gasteiger partial charge in [0.2, 0.25) is 5.91 Å². The minimum atomic E-state index is -1.08. The number of amides is 1. The second-order valence-corrected chi connectivity index (χ2v) is 9.82. The number of carbonyl (C=O) groups excluding carboxylic acids is 1. The molecule has 0 aliphatic carbocycles. The van der Waals surface area contributed by atoms with Gasteiger partial charge in [-0.25, -0.2) is 4.98 Å². The fourth-order valence-corrected chi connectivity index (χ4v) is 5.94. The predicted molar refractivity (Wildman–Crippen MR) is 133 cm³/mol. The lowest BCUT2D eigenvalue weighted by atomic mass is 9.93. The molecule has 1 aromatic carbocycles. The fourth-order valence-electron chi connectivity index (χ4n) is 4.16. The van der Waals surface area contributed by atoms with Crippen molar-refractivity contribution in [3.8, 4) is 21.4 Å². The van der Waals surface area contributed by atoms with Gasteiger partial charge in [-0.05, 0) is 30.7 Å². The maximum atomic E-state index is 11.9. The van der Waals surface area contributed by atoms with Gasteiger partial charge >= 0.3 is 5.97 Å². The average molecular weight is 493 g/mol. The first-order chi connectivity index (χ1) is 16.3. The minimum absolute atomic E-state index is 0.262. The highest BCUT2D eigenvalue weighted by molar-refractivity contribution is 7.25. The monoisotopic (exact) mass is 492 g/mol. The largest absolute Gasteiger partial charge is 0.481 e. The number of primary amides is 1. The van der Waals surface area contributed by atoms with Crippen LogP contribution < -0.4 is 10.5 Å². The van der Waals surface area contributed by atoms with Crippen LogP contribution in [-0.4, -0.2) is 31.5 Å². The highest BCUT2D eigenvalue weighted by atomic mass is 32.1. The van der Waals surface area contributed by atoms with Crippen LogP contribution in [0.1, 0.15) is 23.6 Å². The number of aromatic nitrogens is 3. The number of ether oxygens (including phenoxy) is 1. The number of carboxylic acids is 1. The van der Waals surface area contributed by atoms with Crippen LogP contribution in [0.15, 0.2) is 48.1 Å². The molecule has 0 saturated carbocycles. The molecule has 34 heavy (non-hydrogen) atoms. The molecule has 0 aliphatic rings. The first-order valence-corrected chi connectivity index (χ1v) is 12.1. The number of hydrogen-bond donors (Lipinski definition) is 2. The number of nitrogens with two attached hydrogens (primary N) is 1. The third kappa shape index (κ3) is 3.80. The fraction of sp³-hybridized carbons (Fsp3) is 0.167. The van der Waals surface area contributed by atoms with E-state index in [1.54, 1.807) is 41.1 Å². The predicted octanol–water partition coefficient (Wildman–Crippen LogP) is 5.06. The second kappa shape index (κ2) is 8.54. The van der Waals surface area contributed by atoms with Crippen LogP contribution in [0, 0.1) is 6.92 Å². The van der Waals surface area contributed by atoms with Crippen molar-refractivity contribution in [2.24, 2.45) is 12.8 Å². The highest BCUT2D eigenvalue weighted by Gasteiger charge is 2.28. The lowest BCUT2D eigenvalue weighted by Gasteiger charge is -2.12. The molecule has 0 spiro atoms. The molecule has 0 bridgehead atoms. The number of thiazole rings is 1. The summed E-state index contributed by atoms with van der Waals surface area (Å²) < 4.78 is 9.08. The summed E-state index contributed by atoms with van der Waals surface area (Å²) in [6, 6.07) is 9.33. The molecule has 3 N–H and O–H groups in total. The summed E-state index contributed by atoms with van der Waals surface area (Å²) in [6.45, 7) is 1.84. The molecule has 4 aromatic heterocycles. The highest BCUT2D eigenvalue weighted by Crippen LogP contribution is 2.41. The molecule has 0 aliphatic heterocycles. The standard InChI is InChI=1S/C24H20N4O4S2/c1-12-21(15(24(30)31)10-20(25)29)14-4-3-13(9-17(14)28(12)2)32-18-5-6-26-16-11-19(34-22(16)18)23-27-7-8-33-23/h3-9,11,15H,10H2,1-2H3,(H2,25,29)(H,30,31). The van der Waals surface area contributed by atoms with Crippen molar-refractivity contribution in [2.75, 3.05) is 0 Å². The van der Waals surface area contributed by atoms with Crippen LogP contribution in [0.2, 0.25) is 0 Å². The van der Waals surface area contributed by atoms with E-state index >= 15 is 0 Å². The number of carboxylic acid groups (broad SMARTS) is 1. The van der Waals surface area contributed by atoms with Crippen LogP contribution in [0.4, 0.5) is 0 Å². The number of aliphatic carboxylic acids is 1. The zero-order valence-electron chi connectivity index (χ0n) is 18.3. The van der Waals surface area contributed by atoms with Crippen LogP contribution in [0.25, 0.3) is 31.0 Å². The van der Waals surface area contributed by atoms with Gasteiger partial charge in [0.15, 0.2) is 0 Å². The van der Waals surface area contributed by atoms with E-state index in [9.17, 15) is 14.7 Å². The molecule has 0 fully saturated rings. The van der Waals surface area contributed by atoms with Crippen LogP contribution in [0.3, 0.4) is 0 Å². The number of thiophene rings is 1. The van der Waals surface area contributed by atoms with E-state index in [0.29, 0.717) is 17.1 Å². The maximum absolute atomic E-state index is 11.9. The number of fused-ring (bicyclic) bond motifs is 2. The Morgan fingerprint density at radius 2 is 2.03 bits per heavy atom. The van der Waals surface area contributed by atoms with Gasteiger partial charge in [0, 0.05) is 54.5 Å². The molecule has 0 radical (unpaired) electrons. The molecule has 1 amide bonds. The molecule has 10 heteroatoms. The number of carbonyl (C=O) groups is 2. The number of pyridine rings is 1. The number of hydrogen-bond acceptors (Lipinski definition) is 7. The van der Waals surface area contributed by atoms with E-state index in [4.69, 9.17) is 10.5 Å². The van der Waals surface area contributed by atoms with E-state index < -0.39 is 17.8 Å². The molecular weight excluding hydrogens is 472 g/mol. The van der Waals surface area contributed by atoms with Crippen molar-refractivity contribution in [3.63, 3.8) is 0 Å². The molecule has 8 nitrogen and oxygen atoms in total. The van der Waals surface area contributed by atoms with Gasteiger partial charge in [0.25, 0.3) is 0 Å². The van der Waals surface area contributed by atoms with Gasteiger partial charge in [-0.3, -0.25) is 14.6 Å². The third-order valence-corrected chi connectivity index (χ3v) is 7.89. The molecule has 4 heterocycles. The smallest absolute Gasteiger partial charge is 0.311 e. The van der Waals surface area contributed by atoms with E-state index in [0.717, 1.165) is 36.7 Å². The van der Waals surface area contributed by atoms with Gasteiger partial charge in [-0.1, -0.05) is 0 Å². The average Bonchev–Trinajstić information content (AvgIpc) is 3.52. The lowest BCUT2D eigenvalue weighted by Crippen LogP contribution is -2.21. The summed E-state index contributed by atoms with van der Waals surface area (Å²) in [7, 11) is 1.86. The SMILES string of the molecule is Cc1c(C(CC(N)=O)C(=O)O)c2ccc(Oc3ccnc4cc(-c5nccs5)sc34)cc2n1C. The first kappa shape index (κ1) is 22.1. The molecule has 0 saturated heterocycles. The second-order valence-electron chi connectivity index (χ2n) is 7.87. The van der Waals surface area contributed by atoms with Crippen molar-refractivity contribution in [1.82, 2.24) is 14.5 Å². The summed E-state index contributed by atoms with van der Waals surface area (Å²) in [4.78, 5) is 33.3. The first-order valence-electron chi connectivity index (χ1n) is 10.4. The topological polar surface area (TPSA) is 120 Å². The Bertz CT molecular complexity index is 1550. The van der Waals surface area contributed by atoms with Gasteiger partial charge in [0.1, 0.15) is 16.5 Å². The normalized spacial score (nSPS) is 12.3. The Morgan fingerprint density at radius 3 is 2.74 bits per heavy atom. The Labute approximate surface area is 202 Å². The van der Waals surface area contributed by atoms with Crippen LogP contribution in [-0.2, 0) is 16.6 Å². The quantitative estimate of drug-likeness (QED) is 0.328. The van der Waals surface area contributed by atoms with Crippen molar-refractivity contribution in [3.05, 3.63) is 59.4 Å². The maximum Gasteiger partial charge on any atom is 0.311 e. The van der Waals surface area contributed by atoms with Crippen molar-refractivity contribution < 1.29 is 19.4 Å². The van der Waals surface area contributed by atoms with Crippen molar-refractivity contribution >= 4 is 55.7 Å². The zero-order valence-corrected chi connectivity index (χ0v) is 19.9. The Balaban J connectivity index is 1.55. The van der Waals surface area contributed by atoms with Gasteiger partial charge < -0.3 is 20.1 Å². The molecule has 1 unspecified atom stereocenters. The number of rotatable bonds is 7. The number of benzene rings is 1. The third-order valence-electron chi connectivity index (χ3n) is 5.81. The van der Waals surface area contributed by atoms with Crippen molar-refractivity contribution in [2.45, 2.75) is 19.3 Å². The molecule has 1 atom stereocenters. The van der Waals surface area contributed by atoms with Gasteiger partial charge in [-0.2, -0.15) is 0 Å². The summed E-state index contributed by atoms with van der Waals surface area (Å²) in [6.07, 6.45) is 3.22. The molecule has 5 aromatic rings. The van der Waals surface area contributed by atoms with Crippen LogP contribution >= 0.6 is 22.7 Å². The summed E-state index contributed by atoms with van der Waals surface area (Å²) >= 11 is 3.15. The minimum Gasteiger partial charge on any atom is -0.481 e. The molecular formula is C24H20N4O4S2. The van der Waals surface area contributed by atoms with E-state index in [-0.39, 0.29) is 6.42 Å². The molecule has 172 valence electrons. The number of nitrogens with zero attached hydrogens (tertiary/aromatic N) is 3. The number of aryl methyl sites for hydroxylation is 1. The summed E-state index contributed by atoms with van der Waals surface area (Å²) in [5.41, 5.74) is 8.32. The van der Waals surface area contributed by atoms with Crippen molar-refractivity contribution in [1.29, 1.82) is 0 Å². The van der Waals surface area contributed by atoms with E-state index in [1.807, 2.05) is 48.2 Å². The van der Waals surface area contributed by atoms with Crippen LogP contribution in [0.5, 0.6) is 11.5 Å².